The van der Waals surface area contributed by atoms with E-state index in [2.05, 4.69) is 5.32 Å². The van der Waals surface area contributed by atoms with Gasteiger partial charge < -0.3 is 25.4 Å². The van der Waals surface area contributed by atoms with E-state index in [0.29, 0.717) is 17.0 Å². The third kappa shape index (κ3) is 8.87. The van der Waals surface area contributed by atoms with Crippen LogP contribution < -0.4 is 5.32 Å². The number of nitrogens with zero attached hydrogens (tertiary/aromatic N) is 1. The van der Waals surface area contributed by atoms with E-state index in [1.54, 1.807) is 12.1 Å². The summed E-state index contributed by atoms with van der Waals surface area (Å²) in [5, 5.41) is 27.1. The van der Waals surface area contributed by atoms with Gasteiger partial charge in [0, 0.05) is 23.0 Å². The average molecular weight is 651 g/mol. The first-order valence-corrected chi connectivity index (χ1v) is 17.3. The minimum Gasteiger partial charge on any atom is -0.450 e. The molecule has 2 aromatic rings. The molecule has 2 saturated carbocycles. The first kappa shape index (κ1) is 34.0. The maximum Gasteiger partial charge on any atom is 0.507 e. The molecule has 0 spiro atoms. The van der Waals surface area contributed by atoms with Crippen molar-refractivity contribution in [2.45, 2.75) is 75.3 Å². The maximum absolute atomic E-state index is 13.8. The van der Waals surface area contributed by atoms with Gasteiger partial charge in [-0.1, -0.05) is 80.1 Å². The molecule has 0 bridgehead atoms. The van der Waals surface area contributed by atoms with Gasteiger partial charge in [-0.25, -0.2) is 18.0 Å². The van der Waals surface area contributed by atoms with Crippen molar-refractivity contribution in [2.24, 2.45) is 23.7 Å². The number of hydrogen-bond acceptors (Lipinski definition) is 6. The van der Waals surface area contributed by atoms with Crippen LogP contribution in [0, 0.1) is 23.7 Å². The van der Waals surface area contributed by atoms with Crippen molar-refractivity contribution in [2.75, 3.05) is 19.6 Å². The lowest BCUT2D eigenvalue weighted by Crippen LogP contribution is -2.54. The van der Waals surface area contributed by atoms with Crippen LogP contribution in [0.5, 0.6) is 0 Å². The molecule has 2 saturated heterocycles. The highest BCUT2D eigenvalue weighted by molar-refractivity contribution is 7.89. The van der Waals surface area contributed by atoms with Crippen LogP contribution in [0.2, 0.25) is 5.02 Å². The van der Waals surface area contributed by atoms with Gasteiger partial charge >= 0.3 is 12.3 Å². The van der Waals surface area contributed by atoms with Crippen LogP contribution >= 0.6 is 11.6 Å². The number of benzene rings is 2. The molecule has 0 amide bonds. The molecule has 4 N–H and O–H groups in total. The lowest BCUT2D eigenvalue weighted by Gasteiger charge is -2.45. The third-order valence-corrected chi connectivity index (χ3v) is 11.5. The van der Waals surface area contributed by atoms with Gasteiger partial charge in [0.1, 0.15) is 0 Å². The second-order valence-electron chi connectivity index (χ2n) is 12.0. The molecule has 2 aromatic carbocycles. The van der Waals surface area contributed by atoms with Crippen LogP contribution in [0.15, 0.2) is 53.4 Å². The molecule has 5 unspecified atom stereocenters. The molecule has 4 fully saturated rings. The summed E-state index contributed by atoms with van der Waals surface area (Å²) in [7, 11) is -4.05. The molecule has 0 radical (unpaired) electrons. The quantitative estimate of drug-likeness (QED) is 0.251. The Kier molecular flexibility index (Phi) is 12.3. The second kappa shape index (κ2) is 15.9. The smallest absolute Gasteiger partial charge is 0.450 e. The number of ether oxygens (including phenoxy) is 1. The van der Waals surface area contributed by atoms with Gasteiger partial charge in [0.05, 0.1) is 4.90 Å². The fourth-order valence-corrected chi connectivity index (χ4v) is 9.36. The van der Waals surface area contributed by atoms with E-state index in [-0.39, 0.29) is 23.3 Å². The first-order chi connectivity index (χ1) is 21.1. The Morgan fingerprint density at radius 3 is 2.14 bits per heavy atom. The number of halogens is 1. The highest BCUT2D eigenvalue weighted by Crippen LogP contribution is 2.43. The molecule has 6 rings (SSSR count). The number of carboxylic acid groups (broad SMARTS) is 3. The number of piperidine rings is 2. The topological polar surface area (TPSA) is 153 Å². The summed E-state index contributed by atoms with van der Waals surface area (Å²) in [5.74, 6) is 2.29. The van der Waals surface area contributed by atoms with Gasteiger partial charge in [-0.2, -0.15) is 4.31 Å². The fourth-order valence-electron chi connectivity index (χ4n) is 7.31. The second-order valence-corrected chi connectivity index (χ2v) is 14.3. The summed E-state index contributed by atoms with van der Waals surface area (Å²) < 4.78 is 34.0. The molecule has 2 aliphatic carbocycles. The monoisotopic (exact) mass is 650 g/mol. The Balaban J connectivity index is 0.000000259. The molecular formula is C32H43ClN2O8S. The number of nitrogens with one attached hydrogen (secondary N) is 1. The van der Waals surface area contributed by atoms with E-state index in [0.717, 1.165) is 43.1 Å². The zero-order valence-electron chi connectivity index (χ0n) is 24.8. The lowest BCUT2D eigenvalue weighted by atomic mass is 9.74. The van der Waals surface area contributed by atoms with E-state index < -0.39 is 28.6 Å². The van der Waals surface area contributed by atoms with Crippen LogP contribution in [0.25, 0.3) is 11.1 Å². The molecule has 4 aliphatic rings. The highest BCUT2D eigenvalue weighted by atomic mass is 35.5. The molecule has 44 heavy (non-hydrogen) atoms. The van der Waals surface area contributed by atoms with Gasteiger partial charge in [0.2, 0.25) is 10.0 Å². The van der Waals surface area contributed by atoms with Crippen LogP contribution in [0.1, 0.15) is 64.2 Å². The Labute approximate surface area is 264 Å². The van der Waals surface area contributed by atoms with Crippen molar-refractivity contribution < 1.29 is 38.1 Å². The normalized spacial score (nSPS) is 26.7. The summed E-state index contributed by atoms with van der Waals surface area (Å²) in [5.41, 5.74) is 1.27. The summed E-state index contributed by atoms with van der Waals surface area (Å²) in [6, 6.07) is 14.0. The van der Waals surface area contributed by atoms with E-state index >= 15 is 0 Å². The number of rotatable bonds is 4. The molecule has 10 nitrogen and oxygen atoms in total. The number of hydrogen-bond donors (Lipinski definition) is 4. The zero-order chi connectivity index (χ0) is 31.7. The summed E-state index contributed by atoms with van der Waals surface area (Å²) >= 11 is 6.17. The van der Waals surface area contributed by atoms with E-state index in [4.69, 9.17) is 31.3 Å². The number of fused-ring (bicyclic) bond motifs is 2. The van der Waals surface area contributed by atoms with Crippen LogP contribution in [-0.4, -0.2) is 66.2 Å². The molecule has 2 aliphatic heterocycles. The zero-order valence-corrected chi connectivity index (χ0v) is 26.4. The van der Waals surface area contributed by atoms with Crippen molar-refractivity contribution in [1.29, 1.82) is 0 Å². The van der Waals surface area contributed by atoms with Gasteiger partial charge in [0.25, 0.3) is 0 Å². The van der Waals surface area contributed by atoms with E-state index in [1.165, 1.54) is 55.6 Å². The Bertz CT molecular complexity index is 1330. The SMILES string of the molecule is C1CCC2CNCCC2C1.O=C(O)O.O=C(O)OC1C2CCCCC2CCN1S(=O)(=O)c1cc(Cl)ccc1-c1ccccc1. The summed E-state index contributed by atoms with van der Waals surface area (Å²) in [6.45, 7) is 2.81. The molecular weight excluding hydrogens is 608 g/mol. The van der Waals surface area contributed by atoms with E-state index in [1.807, 2.05) is 30.3 Å². The van der Waals surface area contributed by atoms with Gasteiger partial charge in [-0.15, -0.1) is 0 Å². The largest absolute Gasteiger partial charge is 0.507 e. The molecule has 2 heterocycles. The maximum atomic E-state index is 13.8. The molecule has 5 atom stereocenters. The minimum atomic E-state index is -4.05. The number of sulfonamides is 1. The Morgan fingerprint density at radius 1 is 0.841 bits per heavy atom. The first-order valence-electron chi connectivity index (χ1n) is 15.5. The molecule has 0 aromatic heterocycles. The fraction of sp³-hybridized carbons (Fsp3) is 0.562. The summed E-state index contributed by atoms with van der Waals surface area (Å²) in [6.07, 6.45) is 7.61. The average Bonchev–Trinajstić information content (AvgIpc) is 3.01. The predicted octanol–water partition coefficient (Wildman–Crippen LogP) is 7.24. The van der Waals surface area contributed by atoms with Gasteiger partial charge in [0.15, 0.2) is 6.23 Å². The van der Waals surface area contributed by atoms with Crippen molar-refractivity contribution in [3.63, 3.8) is 0 Å². The third-order valence-electron chi connectivity index (χ3n) is 9.34. The highest BCUT2D eigenvalue weighted by Gasteiger charge is 2.47. The van der Waals surface area contributed by atoms with Gasteiger partial charge in [-0.05, 0) is 80.6 Å². The van der Waals surface area contributed by atoms with E-state index in [9.17, 15) is 18.3 Å². The van der Waals surface area contributed by atoms with Crippen molar-refractivity contribution in [3.8, 4) is 11.1 Å². The van der Waals surface area contributed by atoms with Crippen molar-refractivity contribution in [3.05, 3.63) is 53.6 Å². The van der Waals surface area contributed by atoms with Crippen LogP contribution in [0.4, 0.5) is 9.59 Å². The van der Waals surface area contributed by atoms with Crippen LogP contribution in [-0.2, 0) is 14.8 Å². The number of carbonyl (C=O) groups is 2. The van der Waals surface area contributed by atoms with Crippen molar-refractivity contribution >= 4 is 33.9 Å². The van der Waals surface area contributed by atoms with Crippen molar-refractivity contribution in [1.82, 2.24) is 9.62 Å². The van der Waals surface area contributed by atoms with Crippen LogP contribution in [0.3, 0.4) is 0 Å². The lowest BCUT2D eigenvalue weighted by molar-refractivity contribution is -0.0819. The standard InChI is InChI=1S/C22H24ClNO5S.C9H17N.CH2O3/c23-17-10-11-18(15-6-2-1-3-7-15)20(14-17)30(27,28)24-13-12-16-8-4-5-9-19(16)21(24)29-22(25)26;1-2-4-9-7-10-6-5-8(9)3-1;2-1(3)4/h1-3,6-7,10-11,14,16,19,21H,4-5,8-9,12-13H2,(H,25,26);8-10H,1-7H2;(H2,2,3,4). The minimum absolute atomic E-state index is 0.0643. The predicted molar refractivity (Wildman–Crippen MR) is 167 cm³/mol. The molecule has 242 valence electrons. The summed E-state index contributed by atoms with van der Waals surface area (Å²) in [4.78, 5) is 20.0. The molecule has 12 heteroatoms. The van der Waals surface area contributed by atoms with Gasteiger partial charge in [-0.3, -0.25) is 0 Å². The Morgan fingerprint density at radius 2 is 1.48 bits per heavy atom. The Hall–Kier alpha value is -2.86.